The Kier molecular flexibility index (Phi) is 12.1. The van der Waals surface area contributed by atoms with Gasteiger partial charge in [-0.1, -0.05) is 38.1 Å². The number of ether oxygens (including phenoxy) is 1. The van der Waals surface area contributed by atoms with Crippen LogP contribution in [0, 0.1) is 17.6 Å². The van der Waals surface area contributed by atoms with E-state index in [2.05, 4.69) is 42.7 Å². The minimum absolute atomic E-state index is 0.0133. The molecular formula is C32H47F2N3O5S. The van der Waals surface area contributed by atoms with Crippen molar-refractivity contribution in [1.29, 1.82) is 0 Å². The molecule has 0 bridgehead atoms. The first kappa shape index (κ1) is 34.9. The van der Waals surface area contributed by atoms with Crippen LogP contribution in [0.1, 0.15) is 76.0 Å². The minimum atomic E-state index is -3.26. The molecule has 8 nitrogen and oxygen atoms in total. The summed E-state index contributed by atoms with van der Waals surface area (Å²) in [7, 11) is -3.26. The summed E-state index contributed by atoms with van der Waals surface area (Å²) in [4.78, 5) is 12.6. The van der Waals surface area contributed by atoms with Crippen molar-refractivity contribution in [1.82, 2.24) is 14.9 Å². The lowest BCUT2D eigenvalue weighted by atomic mass is 9.79. The Balaban J connectivity index is 1.76. The number of halogens is 2. The standard InChI is InChI=1S/C32H47F2N3O5S/c1-21(2)24-8-7-9-25(17-24)28(23-10-12-37(13-11-23)43(6,40)41)19-35-20-30(38)29(36-31(39)42-32(3,4)5)16-22-14-26(33)18-27(34)15-22/h7-9,14-15,17-18,21,23,28-30,35,38H,10-13,16,19-20H2,1-6H3,(H,36,39). The van der Waals surface area contributed by atoms with Gasteiger partial charge in [0.15, 0.2) is 0 Å². The second-order valence-electron chi connectivity index (χ2n) is 12.9. The van der Waals surface area contributed by atoms with E-state index in [-0.39, 0.29) is 24.8 Å². The lowest BCUT2D eigenvalue weighted by molar-refractivity contribution is 0.0421. The van der Waals surface area contributed by atoms with E-state index in [0.29, 0.717) is 44.0 Å². The zero-order valence-electron chi connectivity index (χ0n) is 26.1. The molecule has 1 saturated heterocycles. The Bertz CT molecular complexity index is 1300. The Labute approximate surface area is 255 Å². The van der Waals surface area contributed by atoms with Gasteiger partial charge in [0.05, 0.1) is 18.4 Å². The van der Waals surface area contributed by atoms with Crippen LogP contribution in [-0.4, -0.2) is 74.1 Å². The highest BCUT2D eigenvalue weighted by molar-refractivity contribution is 7.88. The molecule has 3 atom stereocenters. The maximum atomic E-state index is 13.9. The molecule has 1 amide bonds. The second-order valence-corrected chi connectivity index (χ2v) is 14.9. The molecule has 1 fully saturated rings. The zero-order valence-corrected chi connectivity index (χ0v) is 26.9. The van der Waals surface area contributed by atoms with Crippen LogP contribution in [0.5, 0.6) is 0 Å². The number of carbonyl (C=O) groups is 1. The quantitative estimate of drug-likeness (QED) is 0.310. The first-order chi connectivity index (χ1) is 20.0. The summed E-state index contributed by atoms with van der Waals surface area (Å²) in [5.41, 5.74) is 1.87. The fourth-order valence-corrected chi connectivity index (χ4v) is 6.44. The van der Waals surface area contributed by atoms with E-state index in [9.17, 15) is 27.1 Å². The molecule has 0 radical (unpaired) electrons. The van der Waals surface area contributed by atoms with Crippen molar-refractivity contribution in [2.24, 2.45) is 5.92 Å². The zero-order chi connectivity index (χ0) is 31.9. The van der Waals surface area contributed by atoms with Crippen molar-refractivity contribution in [2.75, 3.05) is 32.4 Å². The number of rotatable bonds is 12. The molecule has 240 valence electrons. The summed E-state index contributed by atoms with van der Waals surface area (Å²) >= 11 is 0. The number of aliphatic hydroxyl groups is 1. The fourth-order valence-electron chi connectivity index (χ4n) is 5.57. The van der Waals surface area contributed by atoms with Gasteiger partial charge in [-0.15, -0.1) is 0 Å². The first-order valence-electron chi connectivity index (χ1n) is 14.9. The third-order valence-corrected chi connectivity index (χ3v) is 9.11. The van der Waals surface area contributed by atoms with E-state index in [1.54, 1.807) is 20.8 Å². The van der Waals surface area contributed by atoms with Crippen LogP contribution in [0.2, 0.25) is 0 Å². The summed E-state index contributed by atoms with van der Waals surface area (Å²) in [6, 6.07) is 10.6. The molecule has 0 spiro atoms. The number of benzene rings is 2. The number of piperidine rings is 1. The number of nitrogens with one attached hydrogen (secondary N) is 2. The second kappa shape index (κ2) is 14.9. The van der Waals surface area contributed by atoms with Crippen molar-refractivity contribution in [3.8, 4) is 0 Å². The van der Waals surface area contributed by atoms with Crippen molar-refractivity contribution in [3.05, 3.63) is 70.8 Å². The smallest absolute Gasteiger partial charge is 0.407 e. The van der Waals surface area contributed by atoms with Gasteiger partial charge in [-0.3, -0.25) is 0 Å². The molecule has 43 heavy (non-hydrogen) atoms. The largest absolute Gasteiger partial charge is 0.444 e. The average Bonchev–Trinajstić information content (AvgIpc) is 2.88. The molecule has 0 saturated carbocycles. The molecule has 0 aliphatic carbocycles. The van der Waals surface area contributed by atoms with E-state index in [1.807, 2.05) is 6.07 Å². The molecule has 1 aliphatic rings. The van der Waals surface area contributed by atoms with Gasteiger partial charge in [0.2, 0.25) is 10.0 Å². The van der Waals surface area contributed by atoms with Crippen molar-refractivity contribution in [3.63, 3.8) is 0 Å². The van der Waals surface area contributed by atoms with Crippen LogP contribution < -0.4 is 10.6 Å². The number of sulfonamides is 1. The Morgan fingerprint density at radius 2 is 1.65 bits per heavy atom. The van der Waals surface area contributed by atoms with E-state index in [4.69, 9.17) is 4.74 Å². The summed E-state index contributed by atoms with van der Waals surface area (Å²) in [6.07, 6.45) is 0.798. The number of amides is 1. The van der Waals surface area contributed by atoms with Crippen LogP contribution in [-0.2, 0) is 21.2 Å². The van der Waals surface area contributed by atoms with Gasteiger partial charge in [0.25, 0.3) is 0 Å². The number of nitrogens with zero attached hydrogens (tertiary/aromatic N) is 1. The molecule has 2 aromatic carbocycles. The molecular weight excluding hydrogens is 576 g/mol. The van der Waals surface area contributed by atoms with Gasteiger partial charge in [-0.05, 0) is 86.6 Å². The molecule has 1 heterocycles. The molecule has 3 N–H and O–H groups in total. The highest BCUT2D eigenvalue weighted by Gasteiger charge is 2.32. The summed E-state index contributed by atoms with van der Waals surface area (Å²) in [5.74, 6) is -0.868. The monoisotopic (exact) mass is 623 g/mol. The molecule has 3 rings (SSSR count). The van der Waals surface area contributed by atoms with Crippen molar-refractivity contribution < 1.29 is 31.8 Å². The number of hydrogen-bond acceptors (Lipinski definition) is 6. The van der Waals surface area contributed by atoms with E-state index >= 15 is 0 Å². The van der Waals surface area contributed by atoms with Gasteiger partial charge in [0.1, 0.15) is 17.2 Å². The van der Waals surface area contributed by atoms with Crippen LogP contribution in [0.3, 0.4) is 0 Å². The molecule has 2 aromatic rings. The van der Waals surface area contributed by atoms with E-state index in [1.165, 1.54) is 28.3 Å². The highest BCUT2D eigenvalue weighted by atomic mass is 32.2. The minimum Gasteiger partial charge on any atom is -0.444 e. The molecule has 0 aromatic heterocycles. The van der Waals surface area contributed by atoms with Gasteiger partial charge in [0, 0.05) is 32.2 Å². The van der Waals surface area contributed by atoms with E-state index in [0.717, 1.165) is 11.6 Å². The van der Waals surface area contributed by atoms with Crippen molar-refractivity contribution in [2.45, 2.75) is 83.5 Å². The topological polar surface area (TPSA) is 108 Å². The van der Waals surface area contributed by atoms with Gasteiger partial charge >= 0.3 is 6.09 Å². The van der Waals surface area contributed by atoms with E-state index < -0.39 is 45.5 Å². The first-order valence-corrected chi connectivity index (χ1v) is 16.7. The Morgan fingerprint density at radius 1 is 1.05 bits per heavy atom. The fraction of sp³-hybridized carbons (Fsp3) is 0.594. The number of carbonyl (C=O) groups excluding carboxylic acids is 1. The predicted octanol–water partition coefficient (Wildman–Crippen LogP) is 4.93. The van der Waals surface area contributed by atoms with Crippen LogP contribution in [0.15, 0.2) is 42.5 Å². The van der Waals surface area contributed by atoms with Gasteiger partial charge in [-0.2, -0.15) is 0 Å². The predicted molar refractivity (Wildman–Crippen MR) is 165 cm³/mol. The lowest BCUT2D eigenvalue weighted by Gasteiger charge is -2.36. The SMILES string of the molecule is CC(C)c1cccc(C(CNCC(O)C(Cc2cc(F)cc(F)c2)NC(=O)OC(C)(C)C)C2CCN(S(C)(=O)=O)CC2)c1. The van der Waals surface area contributed by atoms with Crippen molar-refractivity contribution >= 4 is 16.1 Å². The highest BCUT2D eigenvalue weighted by Crippen LogP contribution is 2.34. The molecule has 1 aliphatic heterocycles. The summed E-state index contributed by atoms with van der Waals surface area (Å²) in [6.45, 7) is 10.9. The number of hydrogen-bond donors (Lipinski definition) is 3. The maximum Gasteiger partial charge on any atom is 0.407 e. The average molecular weight is 624 g/mol. The maximum absolute atomic E-state index is 13.9. The number of aliphatic hydroxyl groups excluding tert-OH is 1. The van der Waals surface area contributed by atoms with Gasteiger partial charge in [-0.25, -0.2) is 26.3 Å². The van der Waals surface area contributed by atoms with Crippen LogP contribution in [0.25, 0.3) is 0 Å². The Hall–Kier alpha value is -2.60. The lowest BCUT2D eigenvalue weighted by Crippen LogP contribution is -2.50. The normalized spacial score (nSPS) is 17.4. The number of alkyl carbamates (subject to hydrolysis) is 1. The third kappa shape index (κ3) is 11.1. The summed E-state index contributed by atoms with van der Waals surface area (Å²) in [5, 5.41) is 17.2. The molecule has 3 unspecified atom stereocenters. The van der Waals surface area contributed by atoms with Crippen LogP contribution in [0.4, 0.5) is 13.6 Å². The summed E-state index contributed by atoms with van der Waals surface area (Å²) < 4.78 is 58.9. The van der Waals surface area contributed by atoms with Gasteiger partial charge < -0.3 is 20.5 Å². The Morgan fingerprint density at radius 3 is 2.21 bits per heavy atom. The van der Waals surface area contributed by atoms with Crippen LogP contribution >= 0.6 is 0 Å². The third-order valence-electron chi connectivity index (χ3n) is 7.80. The molecule has 11 heteroatoms.